The van der Waals surface area contributed by atoms with E-state index in [1.807, 2.05) is 30.3 Å². The summed E-state index contributed by atoms with van der Waals surface area (Å²) >= 11 is 8.77. The van der Waals surface area contributed by atoms with Gasteiger partial charge in [-0.05, 0) is 41.5 Å². The lowest BCUT2D eigenvalue weighted by Gasteiger charge is -2.49. The first kappa shape index (κ1) is 38.7. The number of aromatic nitrogens is 5. The summed E-state index contributed by atoms with van der Waals surface area (Å²) in [6.45, 7) is 7.55. The summed E-state index contributed by atoms with van der Waals surface area (Å²) < 4.78 is 69.5. The van der Waals surface area contributed by atoms with Crippen LogP contribution in [0, 0.1) is 18.2 Å². The lowest BCUT2D eigenvalue weighted by Crippen LogP contribution is -2.59. The predicted octanol–water partition coefficient (Wildman–Crippen LogP) is 8.21. The van der Waals surface area contributed by atoms with Gasteiger partial charge in [0, 0.05) is 15.8 Å². The number of nitrogen functional groups attached to an aromatic ring is 1. The fourth-order valence-corrected chi connectivity index (χ4v) is 8.48. The molecule has 5 heterocycles. The molecule has 2 fully saturated rings. The third kappa shape index (κ3) is 8.58. The molecule has 0 amide bonds. The fourth-order valence-electron chi connectivity index (χ4n) is 6.48. The summed E-state index contributed by atoms with van der Waals surface area (Å²) in [5, 5.41) is 11.3. The number of halogens is 3. The molecule has 0 radical (unpaired) electrons. The monoisotopic (exact) mass is 831 g/mol. The van der Waals surface area contributed by atoms with E-state index >= 15 is 8.78 Å². The van der Waals surface area contributed by atoms with Crippen molar-refractivity contribution in [2.24, 2.45) is 0 Å². The Balaban J connectivity index is 1.13. The van der Waals surface area contributed by atoms with Gasteiger partial charge < -0.3 is 39.0 Å². The van der Waals surface area contributed by atoms with E-state index in [0.29, 0.717) is 37.8 Å². The van der Waals surface area contributed by atoms with Crippen LogP contribution in [0.2, 0.25) is 5.02 Å². The molecule has 0 spiro atoms. The van der Waals surface area contributed by atoms with Crippen molar-refractivity contribution in [3.63, 3.8) is 0 Å². The van der Waals surface area contributed by atoms with Gasteiger partial charge in [-0.2, -0.15) is 0 Å². The van der Waals surface area contributed by atoms with Crippen LogP contribution in [-0.2, 0) is 32.2 Å². The molecule has 0 saturated carbocycles. The number of nitrogens with zero attached hydrogens (tertiary/aromatic N) is 6. The van der Waals surface area contributed by atoms with Crippen LogP contribution in [0.4, 0.5) is 19.7 Å². The highest BCUT2D eigenvalue weighted by atomic mass is 35.5. The van der Waals surface area contributed by atoms with Crippen molar-refractivity contribution in [1.82, 2.24) is 25.0 Å². The number of rotatable bonds is 12. The molecule has 2 aliphatic rings. The molecule has 6 aromatic rings. The van der Waals surface area contributed by atoms with Gasteiger partial charge >= 0.3 is 0 Å². The molecule has 0 bridgehead atoms. The number of benzene rings is 3. The molecule has 8 rings (SSSR count). The molecule has 6 atom stereocenters. The van der Waals surface area contributed by atoms with Crippen molar-refractivity contribution < 1.29 is 37.2 Å². The van der Waals surface area contributed by atoms with Gasteiger partial charge in [0.05, 0.1) is 31.5 Å². The summed E-state index contributed by atoms with van der Waals surface area (Å²) in [5.41, 5.74) is 7.70. The van der Waals surface area contributed by atoms with Gasteiger partial charge in [-0.1, -0.05) is 65.9 Å². The van der Waals surface area contributed by atoms with Crippen molar-refractivity contribution in [1.29, 1.82) is 0 Å². The minimum absolute atomic E-state index is 0.0672. The average Bonchev–Trinajstić information content (AvgIpc) is 3.89. The Bertz CT molecular complexity index is 2360. The minimum atomic E-state index is -0.949. The van der Waals surface area contributed by atoms with Crippen molar-refractivity contribution in [3.05, 3.63) is 135 Å². The molecule has 3 unspecified atom stereocenters. The number of hydrogen-bond donors (Lipinski definition) is 1. The van der Waals surface area contributed by atoms with Gasteiger partial charge in [0.25, 0.3) is 5.82 Å². The molecule has 0 aliphatic carbocycles. The zero-order valence-electron chi connectivity index (χ0n) is 29.9. The maximum Gasteiger partial charge on any atom is 0.283 e. The Hall–Kier alpha value is -5.19. The second kappa shape index (κ2) is 17.1. The standard InChI is InChI=1S/C39H32ClF2N7O6S2/c1-44-36-31(14-24(40)15-45-36)57-38-35(52-18-22-12-26(41)33(27(42)13-22)51-17-21-8-10-25(50-2)11-9-21)32(49-16-28(47-48-49)29-20-56-39(43)46-29)34-30(54-38)19-53-37(55-34)23-6-4-3-5-7-23/h3-16,20,30,32,34-35,37-38H,17-19H2,2H3,(H2,43,46)/t30?,32-,34-,35?,37?,38+/m0/s1. The molecular weight excluding hydrogens is 800 g/mol. The summed E-state index contributed by atoms with van der Waals surface area (Å²) in [5.74, 6) is -1.59. The first-order valence-electron chi connectivity index (χ1n) is 17.4. The van der Waals surface area contributed by atoms with E-state index < -0.39 is 53.5 Å². The van der Waals surface area contributed by atoms with E-state index in [1.54, 1.807) is 53.7 Å². The van der Waals surface area contributed by atoms with Crippen LogP contribution >= 0.6 is 34.7 Å². The predicted molar refractivity (Wildman–Crippen MR) is 207 cm³/mol. The number of fused-ring (bicyclic) bond motifs is 1. The number of thiazole rings is 1. The van der Waals surface area contributed by atoms with Gasteiger partial charge in [0.2, 0.25) is 0 Å². The molecule has 2 aliphatic heterocycles. The molecule has 3 aromatic carbocycles. The van der Waals surface area contributed by atoms with E-state index in [1.165, 1.54) is 17.5 Å². The number of ether oxygens (including phenoxy) is 6. The Morgan fingerprint density at radius 1 is 1.04 bits per heavy atom. The van der Waals surface area contributed by atoms with E-state index in [4.69, 9.17) is 52.3 Å². The van der Waals surface area contributed by atoms with Gasteiger partial charge in [-0.3, -0.25) is 0 Å². The third-order valence-electron chi connectivity index (χ3n) is 9.17. The molecule has 3 aromatic heterocycles. The largest absolute Gasteiger partial charge is 0.497 e. The number of hydrogen-bond acceptors (Lipinski definition) is 13. The molecule has 13 nitrogen and oxygen atoms in total. The second-order valence-corrected chi connectivity index (χ2v) is 15.3. The topological polar surface area (TPSA) is 142 Å². The number of pyridine rings is 1. The number of methoxy groups -OCH3 is 1. The molecule has 57 heavy (non-hydrogen) atoms. The molecular formula is C39H32ClF2N7O6S2. The van der Waals surface area contributed by atoms with Crippen molar-refractivity contribution in [3.8, 4) is 22.9 Å². The number of thioether (sulfide) groups is 1. The summed E-state index contributed by atoms with van der Waals surface area (Å²) in [6, 6.07) is 19.6. The fraction of sp³-hybridized carbons (Fsp3) is 0.256. The highest BCUT2D eigenvalue weighted by Crippen LogP contribution is 2.46. The maximum absolute atomic E-state index is 15.5. The zero-order valence-corrected chi connectivity index (χ0v) is 32.3. The first-order chi connectivity index (χ1) is 27.8. The molecule has 292 valence electrons. The van der Waals surface area contributed by atoms with E-state index in [0.717, 1.165) is 29.5 Å². The summed E-state index contributed by atoms with van der Waals surface area (Å²) in [7, 11) is 1.55. The van der Waals surface area contributed by atoms with Crippen LogP contribution in [0.15, 0.2) is 95.5 Å². The van der Waals surface area contributed by atoms with Gasteiger partial charge in [-0.15, -0.1) is 33.2 Å². The van der Waals surface area contributed by atoms with E-state index in [2.05, 4.69) is 25.1 Å². The number of nitrogens with two attached hydrogens (primary N) is 1. The van der Waals surface area contributed by atoms with E-state index in [9.17, 15) is 0 Å². The lowest BCUT2D eigenvalue weighted by atomic mass is 9.95. The van der Waals surface area contributed by atoms with Gasteiger partial charge in [0.1, 0.15) is 59.7 Å². The first-order valence-corrected chi connectivity index (χ1v) is 19.6. The molecule has 2 saturated heterocycles. The molecule has 18 heteroatoms. The smallest absolute Gasteiger partial charge is 0.283 e. The van der Waals surface area contributed by atoms with E-state index in [-0.39, 0.29) is 31.2 Å². The number of anilines is 1. The second-order valence-electron chi connectivity index (χ2n) is 12.9. The van der Waals surface area contributed by atoms with Gasteiger partial charge in [0.15, 0.2) is 28.8 Å². The Morgan fingerprint density at radius 3 is 2.54 bits per heavy atom. The normalized spacial score (nSPS) is 21.7. The van der Waals surface area contributed by atoms with Crippen molar-refractivity contribution in [2.45, 2.75) is 54.2 Å². The van der Waals surface area contributed by atoms with Crippen LogP contribution in [-0.4, -0.2) is 62.4 Å². The maximum atomic E-state index is 15.5. The summed E-state index contributed by atoms with van der Waals surface area (Å²) in [6.07, 6.45) is -0.0121. The molecule has 2 N–H and O–H groups in total. The Labute approximate surface area is 338 Å². The third-order valence-corrected chi connectivity index (χ3v) is 11.2. The minimum Gasteiger partial charge on any atom is -0.497 e. The van der Waals surface area contributed by atoms with Crippen molar-refractivity contribution in [2.75, 3.05) is 19.5 Å². The van der Waals surface area contributed by atoms with Crippen LogP contribution in [0.25, 0.3) is 16.2 Å². The van der Waals surface area contributed by atoms with Gasteiger partial charge in [-0.25, -0.2) is 18.4 Å². The quantitative estimate of drug-likeness (QED) is 0.119. The SMILES string of the molecule is [C-]#[N+]c1ncc(Cl)cc1S[C@H]1OC2COC(c3ccccc3)O[C@@H]2[C@H](n2cc(-c3csc(N)n3)nn2)C1OCc1cc(F)c(OCc2ccc(OC)cc2)c(F)c1. The van der Waals surface area contributed by atoms with Crippen LogP contribution in [0.3, 0.4) is 0 Å². The van der Waals surface area contributed by atoms with Crippen LogP contribution in [0.5, 0.6) is 11.5 Å². The van der Waals surface area contributed by atoms with Crippen LogP contribution in [0.1, 0.15) is 29.0 Å². The zero-order chi connectivity index (χ0) is 39.5. The van der Waals surface area contributed by atoms with Crippen LogP contribution < -0.4 is 15.2 Å². The summed E-state index contributed by atoms with van der Waals surface area (Å²) in [4.78, 5) is 12.6. The average molecular weight is 832 g/mol. The lowest BCUT2D eigenvalue weighted by molar-refractivity contribution is -0.311. The Kier molecular flexibility index (Phi) is 11.6. The highest BCUT2D eigenvalue weighted by molar-refractivity contribution is 8.00. The Morgan fingerprint density at radius 2 is 1.82 bits per heavy atom. The van der Waals surface area contributed by atoms with Crippen molar-refractivity contribution >= 4 is 45.6 Å². The highest BCUT2D eigenvalue weighted by Gasteiger charge is 2.52.